The van der Waals surface area contributed by atoms with E-state index in [-0.39, 0.29) is 18.2 Å². The maximum Gasteiger partial charge on any atom is 0.269 e. The number of carbonyl (C=O) groups is 1. The van der Waals surface area contributed by atoms with Gasteiger partial charge in [-0.2, -0.15) is 0 Å². The monoisotopic (exact) mass is 526 g/mol. The fourth-order valence-corrected chi connectivity index (χ4v) is 4.31. The molecule has 3 aromatic rings. The Morgan fingerprint density at radius 3 is 2.32 bits per heavy atom. The summed E-state index contributed by atoms with van der Waals surface area (Å²) in [5.74, 6) is 1.57. The standard InChI is InChI=1S/C25H23BrN2O6/c1-32-23-13-17-11-12-27(25(29)16-3-5-18(26)6-4-16)22(21(17)14-24(23)33-2)15-34-20-9-7-19(8-10-20)28(30)31/h3-10,13-14,22H,11-12,15H2,1-2H3/t22-/m1/s1. The largest absolute Gasteiger partial charge is 0.493 e. The van der Waals surface area contributed by atoms with E-state index in [0.29, 0.717) is 35.8 Å². The van der Waals surface area contributed by atoms with Crippen LogP contribution in [0, 0.1) is 10.1 Å². The van der Waals surface area contributed by atoms with Gasteiger partial charge in [-0.05, 0) is 66.1 Å². The predicted octanol–water partition coefficient (Wildman–Crippen LogP) is 5.19. The molecule has 8 nitrogen and oxygen atoms in total. The highest BCUT2D eigenvalue weighted by Gasteiger charge is 2.33. The first-order valence-corrected chi connectivity index (χ1v) is 11.4. The van der Waals surface area contributed by atoms with Crippen molar-refractivity contribution in [3.05, 3.63) is 91.9 Å². The Morgan fingerprint density at radius 2 is 1.71 bits per heavy atom. The van der Waals surface area contributed by atoms with Crippen molar-refractivity contribution < 1.29 is 23.9 Å². The molecule has 0 fully saturated rings. The number of rotatable bonds is 7. The number of methoxy groups -OCH3 is 2. The van der Waals surface area contributed by atoms with Crippen molar-refractivity contribution in [1.82, 2.24) is 4.90 Å². The van der Waals surface area contributed by atoms with E-state index in [9.17, 15) is 14.9 Å². The van der Waals surface area contributed by atoms with Crippen LogP contribution in [0.3, 0.4) is 0 Å². The summed E-state index contributed by atoms with van der Waals surface area (Å²) in [6, 6.07) is 16.6. The minimum atomic E-state index is -0.459. The zero-order valence-electron chi connectivity index (χ0n) is 18.7. The van der Waals surface area contributed by atoms with E-state index >= 15 is 0 Å². The van der Waals surface area contributed by atoms with Gasteiger partial charge < -0.3 is 19.1 Å². The lowest BCUT2D eigenvalue weighted by Crippen LogP contribution is -2.42. The third-order valence-corrected chi connectivity index (χ3v) is 6.34. The summed E-state index contributed by atoms with van der Waals surface area (Å²) in [6.45, 7) is 0.675. The van der Waals surface area contributed by atoms with Gasteiger partial charge in [0.15, 0.2) is 11.5 Å². The van der Waals surface area contributed by atoms with Crippen LogP contribution < -0.4 is 14.2 Å². The lowest BCUT2D eigenvalue weighted by Gasteiger charge is -2.37. The van der Waals surface area contributed by atoms with E-state index in [2.05, 4.69) is 15.9 Å². The minimum absolute atomic E-state index is 0.0146. The molecular formula is C25H23BrN2O6. The van der Waals surface area contributed by atoms with E-state index in [4.69, 9.17) is 14.2 Å². The number of halogens is 1. The fraction of sp³-hybridized carbons (Fsp3) is 0.240. The van der Waals surface area contributed by atoms with E-state index in [0.717, 1.165) is 15.6 Å². The summed E-state index contributed by atoms with van der Waals surface area (Å²) in [7, 11) is 3.16. The third kappa shape index (κ3) is 4.84. The van der Waals surface area contributed by atoms with Crippen molar-refractivity contribution in [3.8, 4) is 17.2 Å². The van der Waals surface area contributed by atoms with Gasteiger partial charge in [-0.15, -0.1) is 0 Å². The Morgan fingerprint density at radius 1 is 1.06 bits per heavy atom. The molecule has 0 unspecified atom stereocenters. The summed E-state index contributed by atoms with van der Waals surface area (Å²) in [5.41, 5.74) is 2.53. The zero-order chi connectivity index (χ0) is 24.2. The third-order valence-electron chi connectivity index (χ3n) is 5.81. The number of nitro benzene ring substituents is 1. The second kappa shape index (κ2) is 10.1. The molecule has 4 rings (SSSR count). The first-order valence-electron chi connectivity index (χ1n) is 10.6. The SMILES string of the molecule is COc1cc2c(cc1OC)[C@@H](COc1ccc([N+](=O)[O-])cc1)N(C(=O)c1ccc(Br)cc1)CC2. The molecule has 0 saturated carbocycles. The summed E-state index contributed by atoms with van der Waals surface area (Å²) >= 11 is 3.41. The number of nitro groups is 1. The van der Waals surface area contributed by atoms with Crippen LogP contribution in [0.2, 0.25) is 0 Å². The summed E-state index contributed by atoms with van der Waals surface area (Å²) in [5, 5.41) is 10.9. The molecule has 9 heteroatoms. The van der Waals surface area contributed by atoms with Gasteiger partial charge in [-0.25, -0.2) is 0 Å². The number of amides is 1. The van der Waals surface area contributed by atoms with Crippen LogP contribution in [0.1, 0.15) is 27.5 Å². The van der Waals surface area contributed by atoms with Crippen LogP contribution in [-0.2, 0) is 6.42 Å². The number of ether oxygens (including phenoxy) is 3. The van der Waals surface area contributed by atoms with Gasteiger partial charge in [0.2, 0.25) is 0 Å². The molecule has 0 bridgehead atoms. The Balaban J connectivity index is 1.67. The normalized spacial score (nSPS) is 14.8. The van der Waals surface area contributed by atoms with Gasteiger partial charge in [0, 0.05) is 28.7 Å². The quantitative estimate of drug-likeness (QED) is 0.310. The average Bonchev–Trinajstić information content (AvgIpc) is 2.86. The van der Waals surface area contributed by atoms with Crippen molar-refractivity contribution in [2.45, 2.75) is 12.5 Å². The average molecular weight is 527 g/mol. The zero-order valence-corrected chi connectivity index (χ0v) is 20.3. The minimum Gasteiger partial charge on any atom is -0.493 e. The van der Waals surface area contributed by atoms with Crippen LogP contribution in [0.25, 0.3) is 0 Å². The van der Waals surface area contributed by atoms with Crippen molar-refractivity contribution >= 4 is 27.5 Å². The van der Waals surface area contributed by atoms with Crippen LogP contribution in [0.5, 0.6) is 17.2 Å². The highest BCUT2D eigenvalue weighted by molar-refractivity contribution is 9.10. The molecule has 0 N–H and O–H groups in total. The number of carbonyl (C=O) groups excluding carboxylic acids is 1. The molecule has 176 valence electrons. The number of fused-ring (bicyclic) bond motifs is 1. The van der Waals surface area contributed by atoms with Gasteiger partial charge in [0.1, 0.15) is 12.4 Å². The number of hydrogen-bond acceptors (Lipinski definition) is 6. The molecule has 1 atom stereocenters. The highest BCUT2D eigenvalue weighted by Crippen LogP contribution is 2.39. The molecule has 1 aliphatic rings. The molecular weight excluding hydrogens is 504 g/mol. The fourth-order valence-electron chi connectivity index (χ4n) is 4.05. The van der Waals surface area contributed by atoms with E-state index in [1.54, 1.807) is 43.4 Å². The van der Waals surface area contributed by atoms with E-state index in [1.165, 1.54) is 12.1 Å². The van der Waals surface area contributed by atoms with Gasteiger partial charge in [0.05, 0.1) is 25.2 Å². The summed E-state index contributed by atoms with van der Waals surface area (Å²) in [4.78, 5) is 25.7. The lowest BCUT2D eigenvalue weighted by molar-refractivity contribution is -0.384. The molecule has 0 aliphatic carbocycles. The molecule has 1 aliphatic heterocycles. The topological polar surface area (TPSA) is 91.1 Å². The summed E-state index contributed by atoms with van der Waals surface area (Å²) < 4.78 is 17.9. The lowest BCUT2D eigenvalue weighted by atomic mass is 9.91. The molecule has 0 radical (unpaired) electrons. The molecule has 1 amide bonds. The van der Waals surface area contributed by atoms with Crippen molar-refractivity contribution in [2.75, 3.05) is 27.4 Å². The Kier molecular flexibility index (Phi) is 7.02. The van der Waals surface area contributed by atoms with Crippen LogP contribution in [0.15, 0.2) is 65.1 Å². The number of hydrogen-bond donors (Lipinski definition) is 0. The van der Waals surface area contributed by atoms with Gasteiger partial charge in [0.25, 0.3) is 11.6 Å². The van der Waals surface area contributed by atoms with Gasteiger partial charge in [-0.3, -0.25) is 14.9 Å². The number of non-ortho nitro benzene ring substituents is 1. The maximum absolute atomic E-state index is 13.5. The first kappa shape index (κ1) is 23.6. The molecule has 0 aromatic heterocycles. The number of nitrogens with zero attached hydrogens (tertiary/aromatic N) is 2. The second-order valence-corrected chi connectivity index (χ2v) is 8.65. The van der Waals surface area contributed by atoms with Crippen molar-refractivity contribution in [1.29, 1.82) is 0 Å². The van der Waals surface area contributed by atoms with E-state index < -0.39 is 11.0 Å². The molecule has 0 spiro atoms. The van der Waals surface area contributed by atoms with Crippen molar-refractivity contribution in [2.24, 2.45) is 0 Å². The van der Waals surface area contributed by atoms with Crippen LogP contribution in [-0.4, -0.2) is 43.1 Å². The van der Waals surface area contributed by atoms with Gasteiger partial charge >= 0.3 is 0 Å². The maximum atomic E-state index is 13.5. The Labute approximate surface area is 205 Å². The smallest absolute Gasteiger partial charge is 0.269 e. The molecule has 3 aromatic carbocycles. The Hall–Kier alpha value is -3.59. The summed E-state index contributed by atoms with van der Waals surface area (Å²) in [6.07, 6.45) is 0.659. The van der Waals surface area contributed by atoms with Crippen LogP contribution >= 0.6 is 15.9 Å². The highest BCUT2D eigenvalue weighted by atomic mass is 79.9. The van der Waals surface area contributed by atoms with E-state index in [1.807, 2.05) is 24.3 Å². The number of benzene rings is 3. The second-order valence-electron chi connectivity index (χ2n) is 7.74. The molecule has 1 heterocycles. The molecule has 34 heavy (non-hydrogen) atoms. The predicted molar refractivity (Wildman–Crippen MR) is 130 cm³/mol. The Bertz CT molecular complexity index is 1200. The van der Waals surface area contributed by atoms with Crippen LogP contribution in [0.4, 0.5) is 5.69 Å². The first-order chi connectivity index (χ1) is 16.4. The molecule has 0 saturated heterocycles. The van der Waals surface area contributed by atoms with Gasteiger partial charge in [-0.1, -0.05) is 15.9 Å². The van der Waals surface area contributed by atoms with Crippen molar-refractivity contribution in [3.63, 3.8) is 0 Å².